The lowest BCUT2D eigenvalue weighted by atomic mass is 9.97. The number of urea groups is 1. The van der Waals surface area contributed by atoms with Crippen molar-refractivity contribution in [3.63, 3.8) is 0 Å². The van der Waals surface area contributed by atoms with Crippen molar-refractivity contribution in [1.29, 1.82) is 0 Å². The lowest BCUT2D eigenvalue weighted by Gasteiger charge is -2.23. The fourth-order valence-corrected chi connectivity index (χ4v) is 5.05. The van der Waals surface area contributed by atoms with Crippen LogP contribution in [0.3, 0.4) is 0 Å². The van der Waals surface area contributed by atoms with Crippen molar-refractivity contribution in [3.05, 3.63) is 38.5 Å². The van der Waals surface area contributed by atoms with E-state index in [9.17, 15) is 4.79 Å². The van der Waals surface area contributed by atoms with Gasteiger partial charge in [0.25, 0.3) is 0 Å². The van der Waals surface area contributed by atoms with Gasteiger partial charge in [-0.1, -0.05) is 39.7 Å². The van der Waals surface area contributed by atoms with Crippen LogP contribution in [-0.2, 0) is 12.0 Å². The molecule has 25 heavy (non-hydrogen) atoms. The molecule has 6 heteroatoms. The highest BCUT2D eigenvalue weighted by molar-refractivity contribution is 7.10. The molecule has 1 fully saturated rings. The predicted molar refractivity (Wildman–Crippen MR) is 105 cm³/mol. The normalized spacial score (nSPS) is 16.8. The van der Waals surface area contributed by atoms with Crippen LogP contribution in [0.2, 0.25) is 0 Å². The Kier molecular flexibility index (Phi) is 5.79. The van der Waals surface area contributed by atoms with Gasteiger partial charge in [0.1, 0.15) is 0 Å². The van der Waals surface area contributed by atoms with Gasteiger partial charge in [0, 0.05) is 15.7 Å². The number of thiophene rings is 1. The van der Waals surface area contributed by atoms with E-state index in [1.807, 2.05) is 5.38 Å². The zero-order chi connectivity index (χ0) is 17.9. The lowest BCUT2D eigenvalue weighted by Crippen LogP contribution is -2.39. The van der Waals surface area contributed by atoms with Crippen LogP contribution in [0.15, 0.2) is 22.9 Å². The molecule has 0 aliphatic heterocycles. The third-order valence-corrected chi connectivity index (χ3v) is 6.90. The summed E-state index contributed by atoms with van der Waals surface area (Å²) in [6.07, 6.45) is 4.93. The first-order chi connectivity index (χ1) is 11.9. The summed E-state index contributed by atoms with van der Waals surface area (Å²) in [6, 6.07) is 4.22. The van der Waals surface area contributed by atoms with Crippen molar-refractivity contribution in [2.24, 2.45) is 5.92 Å². The molecule has 4 nitrogen and oxygen atoms in total. The number of amides is 2. The molecular weight excluding hydrogens is 350 g/mol. The molecule has 0 aromatic carbocycles. The van der Waals surface area contributed by atoms with Crippen molar-refractivity contribution in [1.82, 2.24) is 15.6 Å². The Morgan fingerprint density at radius 3 is 2.68 bits per heavy atom. The summed E-state index contributed by atoms with van der Waals surface area (Å²) in [4.78, 5) is 18.3. The number of nitrogens with one attached hydrogen (secondary N) is 2. The van der Waals surface area contributed by atoms with Crippen LogP contribution < -0.4 is 10.6 Å². The van der Waals surface area contributed by atoms with Gasteiger partial charge in [-0.3, -0.25) is 0 Å². The van der Waals surface area contributed by atoms with Gasteiger partial charge in [0.05, 0.1) is 23.3 Å². The maximum atomic E-state index is 12.4. The molecule has 2 amide bonds. The Labute approximate surface area is 158 Å². The minimum Gasteiger partial charge on any atom is -0.332 e. The molecule has 1 unspecified atom stereocenters. The Morgan fingerprint density at radius 2 is 2.08 bits per heavy atom. The van der Waals surface area contributed by atoms with Gasteiger partial charge in [-0.05, 0) is 30.2 Å². The topological polar surface area (TPSA) is 54.0 Å². The average molecular weight is 378 g/mol. The monoisotopic (exact) mass is 377 g/mol. The fourth-order valence-electron chi connectivity index (χ4n) is 3.28. The number of aromatic nitrogens is 1. The summed E-state index contributed by atoms with van der Waals surface area (Å²) in [5, 5.41) is 11.4. The van der Waals surface area contributed by atoms with Crippen LogP contribution in [0.25, 0.3) is 0 Å². The van der Waals surface area contributed by atoms with E-state index in [0.717, 1.165) is 10.7 Å². The maximum absolute atomic E-state index is 12.4. The Bertz CT molecular complexity index is 682. The van der Waals surface area contributed by atoms with E-state index in [-0.39, 0.29) is 17.5 Å². The number of rotatable bonds is 5. The molecule has 1 atom stereocenters. The third-order valence-electron chi connectivity index (χ3n) is 4.63. The molecular formula is C19H27N3OS2. The Balaban J connectivity index is 1.57. The molecule has 2 aromatic rings. The Morgan fingerprint density at radius 1 is 1.32 bits per heavy atom. The van der Waals surface area contributed by atoms with E-state index >= 15 is 0 Å². The molecule has 136 valence electrons. The average Bonchev–Trinajstić information content (AvgIpc) is 3.32. The lowest BCUT2D eigenvalue weighted by molar-refractivity contribution is 0.231. The van der Waals surface area contributed by atoms with Crippen LogP contribution in [0.5, 0.6) is 0 Å². The van der Waals surface area contributed by atoms with Crippen LogP contribution in [0, 0.1) is 5.92 Å². The van der Waals surface area contributed by atoms with E-state index < -0.39 is 0 Å². The molecule has 2 N–H and O–H groups in total. The summed E-state index contributed by atoms with van der Waals surface area (Å²) in [5.74, 6) is 0.552. The second-order valence-corrected chi connectivity index (χ2v) is 9.60. The Hall–Kier alpha value is -1.40. The molecule has 3 rings (SSSR count). The fraction of sp³-hybridized carbons (Fsp3) is 0.579. The van der Waals surface area contributed by atoms with Crippen molar-refractivity contribution in [2.75, 3.05) is 0 Å². The number of hydrogen-bond acceptors (Lipinski definition) is 4. The summed E-state index contributed by atoms with van der Waals surface area (Å²) in [6.45, 7) is 6.94. The minimum atomic E-state index is -0.101. The van der Waals surface area contributed by atoms with Gasteiger partial charge >= 0.3 is 6.03 Å². The zero-order valence-corrected chi connectivity index (χ0v) is 16.8. The van der Waals surface area contributed by atoms with Crippen LogP contribution in [-0.4, -0.2) is 11.0 Å². The first-order valence-corrected chi connectivity index (χ1v) is 10.7. The molecule has 0 saturated heterocycles. The van der Waals surface area contributed by atoms with Gasteiger partial charge < -0.3 is 10.6 Å². The van der Waals surface area contributed by atoms with Gasteiger partial charge in [-0.25, -0.2) is 9.78 Å². The molecule has 0 spiro atoms. The molecule has 1 aliphatic rings. The maximum Gasteiger partial charge on any atom is 0.315 e. The van der Waals surface area contributed by atoms with Crippen LogP contribution >= 0.6 is 22.7 Å². The molecule has 0 bridgehead atoms. The summed E-state index contributed by atoms with van der Waals surface area (Å²) in [5.41, 5.74) is 0.983. The second-order valence-electron chi connectivity index (χ2n) is 7.76. The summed E-state index contributed by atoms with van der Waals surface area (Å²) >= 11 is 3.39. The zero-order valence-electron chi connectivity index (χ0n) is 15.2. The van der Waals surface area contributed by atoms with Gasteiger partial charge in [-0.2, -0.15) is 0 Å². The van der Waals surface area contributed by atoms with E-state index in [1.54, 1.807) is 22.7 Å². The standard InChI is InChI=1S/C19H27N3OS2/c1-19(2,3)17-21-14(12-25-17)11-20-18(23)22-16(13-7-4-5-8-13)15-9-6-10-24-15/h6,9-10,12-13,16H,4-5,7-8,11H2,1-3H3,(H2,20,22,23). The van der Waals surface area contributed by atoms with Crippen molar-refractivity contribution >= 4 is 28.7 Å². The van der Waals surface area contributed by atoms with Crippen molar-refractivity contribution in [3.8, 4) is 0 Å². The van der Waals surface area contributed by atoms with Crippen molar-refractivity contribution < 1.29 is 4.79 Å². The molecule has 0 radical (unpaired) electrons. The highest BCUT2D eigenvalue weighted by Crippen LogP contribution is 2.37. The summed E-state index contributed by atoms with van der Waals surface area (Å²) in [7, 11) is 0. The predicted octanol–water partition coefficient (Wildman–Crippen LogP) is 5.23. The number of carbonyl (C=O) groups is 1. The van der Waals surface area contributed by atoms with E-state index in [2.05, 4.69) is 53.9 Å². The quantitative estimate of drug-likeness (QED) is 0.749. The SMILES string of the molecule is CC(C)(C)c1nc(CNC(=O)NC(c2cccs2)C2CCCC2)cs1. The third kappa shape index (κ3) is 4.82. The van der Waals surface area contributed by atoms with E-state index in [1.165, 1.54) is 30.6 Å². The summed E-state index contributed by atoms with van der Waals surface area (Å²) < 4.78 is 0. The van der Waals surface area contributed by atoms with Crippen LogP contribution in [0.1, 0.15) is 68.1 Å². The molecule has 2 aromatic heterocycles. The smallest absolute Gasteiger partial charge is 0.315 e. The molecule has 2 heterocycles. The first kappa shape index (κ1) is 18.4. The minimum absolute atomic E-state index is 0.0535. The number of thiazole rings is 1. The van der Waals surface area contributed by atoms with Crippen molar-refractivity contribution in [2.45, 2.75) is 64.5 Å². The van der Waals surface area contributed by atoms with Gasteiger partial charge in [0.2, 0.25) is 0 Å². The molecule has 1 saturated carbocycles. The molecule has 1 aliphatic carbocycles. The van der Waals surface area contributed by atoms with E-state index in [4.69, 9.17) is 0 Å². The van der Waals surface area contributed by atoms with Gasteiger partial charge in [0.15, 0.2) is 0 Å². The van der Waals surface area contributed by atoms with Crippen LogP contribution in [0.4, 0.5) is 4.79 Å². The number of nitrogens with zero attached hydrogens (tertiary/aromatic N) is 1. The number of carbonyl (C=O) groups excluding carboxylic acids is 1. The highest BCUT2D eigenvalue weighted by atomic mass is 32.1. The first-order valence-electron chi connectivity index (χ1n) is 8.96. The van der Waals surface area contributed by atoms with Gasteiger partial charge in [-0.15, -0.1) is 22.7 Å². The highest BCUT2D eigenvalue weighted by Gasteiger charge is 2.28. The second kappa shape index (κ2) is 7.87. The number of hydrogen-bond donors (Lipinski definition) is 2. The largest absolute Gasteiger partial charge is 0.332 e. The van der Waals surface area contributed by atoms with E-state index in [0.29, 0.717) is 12.5 Å².